The van der Waals surface area contributed by atoms with Gasteiger partial charge in [-0.1, -0.05) is 24.3 Å². The van der Waals surface area contributed by atoms with Crippen molar-refractivity contribution in [3.63, 3.8) is 0 Å². The molecule has 0 bridgehead atoms. The first-order chi connectivity index (χ1) is 17.0. The van der Waals surface area contributed by atoms with E-state index in [1.54, 1.807) is 48.7 Å². The number of hydrogen-bond acceptors (Lipinski definition) is 5. The topological polar surface area (TPSA) is 59.1 Å². The van der Waals surface area contributed by atoms with Gasteiger partial charge in [-0.15, -0.1) is 11.3 Å². The van der Waals surface area contributed by atoms with E-state index < -0.39 is 0 Å². The average molecular weight is 491 g/mol. The van der Waals surface area contributed by atoms with Crippen LogP contribution in [0.5, 0.6) is 11.5 Å². The van der Waals surface area contributed by atoms with Crippen LogP contribution in [-0.2, 0) is 11.2 Å². The Morgan fingerprint density at radius 1 is 1.03 bits per heavy atom. The number of carbonyl (C=O) groups excluding carboxylic acids is 2. The zero-order chi connectivity index (χ0) is 24.5. The zero-order valence-electron chi connectivity index (χ0n) is 20.3. The van der Waals surface area contributed by atoms with E-state index in [-0.39, 0.29) is 30.4 Å². The number of hydrogen-bond donors (Lipinski definition) is 0. The highest BCUT2D eigenvalue weighted by Crippen LogP contribution is 2.39. The molecule has 0 radical (unpaired) electrons. The molecule has 0 unspecified atom stereocenters. The van der Waals surface area contributed by atoms with Gasteiger partial charge in [0.05, 0.1) is 20.3 Å². The first kappa shape index (κ1) is 23.4. The third-order valence-corrected chi connectivity index (χ3v) is 7.92. The van der Waals surface area contributed by atoms with E-state index in [2.05, 4.69) is 30.5 Å². The van der Waals surface area contributed by atoms with Crippen LogP contribution in [0.3, 0.4) is 0 Å². The van der Waals surface area contributed by atoms with Crippen LogP contribution in [0, 0.1) is 6.92 Å². The van der Waals surface area contributed by atoms with Crippen LogP contribution < -0.4 is 9.47 Å². The molecule has 1 saturated carbocycles. The highest BCUT2D eigenvalue weighted by atomic mass is 32.1. The number of methoxy groups -OCH3 is 2. The summed E-state index contributed by atoms with van der Waals surface area (Å²) in [5.74, 6) is 0.912. The van der Waals surface area contributed by atoms with Crippen LogP contribution in [0.1, 0.15) is 50.8 Å². The second-order valence-corrected chi connectivity index (χ2v) is 10.2. The maximum absolute atomic E-state index is 13.8. The van der Waals surface area contributed by atoms with Gasteiger partial charge in [0.2, 0.25) is 5.91 Å². The molecule has 1 fully saturated rings. The van der Waals surface area contributed by atoms with E-state index in [0.717, 1.165) is 30.4 Å². The van der Waals surface area contributed by atoms with E-state index in [1.807, 2.05) is 17.0 Å². The molecule has 7 heteroatoms. The summed E-state index contributed by atoms with van der Waals surface area (Å²) in [6.45, 7) is 2.80. The van der Waals surface area contributed by atoms with Crippen LogP contribution in [0.4, 0.5) is 0 Å². The standard InChI is InChI=1S/C28H30N2O4S/c1-18-6-4-5-7-23(18)27-24-11-13-35-25(24)10-12-29(27)26(31)17-30(20-8-9-20)28(32)19-14-21(33-2)16-22(15-19)34-3/h4-7,11,13-16,20,27H,8-10,12,17H2,1-3H3/t27-/m1/s1. The van der Waals surface area contributed by atoms with Gasteiger partial charge >= 0.3 is 0 Å². The fourth-order valence-corrected chi connectivity index (χ4v) is 5.80. The van der Waals surface area contributed by atoms with E-state index in [1.165, 1.54) is 10.4 Å². The van der Waals surface area contributed by atoms with Gasteiger partial charge in [-0.2, -0.15) is 0 Å². The molecular formula is C28H30N2O4S. The second-order valence-electron chi connectivity index (χ2n) is 9.16. The van der Waals surface area contributed by atoms with Gasteiger partial charge in [-0.25, -0.2) is 0 Å². The molecule has 5 rings (SSSR count). The van der Waals surface area contributed by atoms with Crippen LogP contribution in [0.2, 0.25) is 0 Å². The third kappa shape index (κ3) is 4.65. The molecule has 1 atom stereocenters. The summed E-state index contributed by atoms with van der Waals surface area (Å²) in [5, 5.41) is 2.11. The predicted molar refractivity (Wildman–Crippen MR) is 136 cm³/mol. The summed E-state index contributed by atoms with van der Waals surface area (Å²) < 4.78 is 10.7. The van der Waals surface area contributed by atoms with Crippen molar-refractivity contribution < 1.29 is 19.1 Å². The third-order valence-electron chi connectivity index (χ3n) is 6.92. The minimum absolute atomic E-state index is 0.0229. The summed E-state index contributed by atoms with van der Waals surface area (Å²) >= 11 is 1.76. The molecule has 2 aromatic carbocycles. The summed E-state index contributed by atoms with van der Waals surface area (Å²) in [7, 11) is 3.12. The first-order valence-electron chi connectivity index (χ1n) is 12.0. The first-order valence-corrected chi connectivity index (χ1v) is 12.8. The van der Waals surface area contributed by atoms with Crippen LogP contribution in [-0.4, -0.2) is 55.0 Å². The lowest BCUT2D eigenvalue weighted by atomic mass is 9.90. The smallest absolute Gasteiger partial charge is 0.254 e. The van der Waals surface area contributed by atoms with Gasteiger partial charge in [0, 0.05) is 29.1 Å². The van der Waals surface area contributed by atoms with E-state index in [0.29, 0.717) is 23.6 Å². The molecule has 1 aromatic heterocycles. The Hall–Kier alpha value is -3.32. The van der Waals surface area contributed by atoms with Crippen molar-refractivity contribution in [1.29, 1.82) is 0 Å². The fourth-order valence-electron chi connectivity index (χ4n) is 4.90. The Balaban J connectivity index is 1.44. The molecule has 0 N–H and O–H groups in total. The SMILES string of the molecule is COc1cc(OC)cc(C(=O)N(CC(=O)N2CCc3sccc3[C@H]2c2ccccc2C)C2CC2)c1. The van der Waals surface area contributed by atoms with Gasteiger partial charge in [0.15, 0.2) is 0 Å². The lowest BCUT2D eigenvalue weighted by Gasteiger charge is -2.38. The quantitative estimate of drug-likeness (QED) is 0.475. The lowest BCUT2D eigenvalue weighted by molar-refractivity contribution is -0.134. The van der Waals surface area contributed by atoms with Crippen LogP contribution in [0.25, 0.3) is 0 Å². The summed E-state index contributed by atoms with van der Waals surface area (Å²) in [4.78, 5) is 32.5. The number of carbonyl (C=O) groups is 2. The molecule has 1 aliphatic heterocycles. The molecule has 2 heterocycles. The number of benzene rings is 2. The van der Waals surface area contributed by atoms with E-state index in [4.69, 9.17) is 9.47 Å². The van der Waals surface area contributed by atoms with Gasteiger partial charge in [-0.05, 0) is 66.5 Å². The molecule has 35 heavy (non-hydrogen) atoms. The van der Waals surface area contributed by atoms with Crippen molar-refractivity contribution in [2.75, 3.05) is 27.3 Å². The Kier molecular flexibility index (Phi) is 6.52. The van der Waals surface area contributed by atoms with Crippen molar-refractivity contribution >= 4 is 23.2 Å². The monoisotopic (exact) mass is 490 g/mol. The lowest BCUT2D eigenvalue weighted by Crippen LogP contribution is -2.47. The van der Waals surface area contributed by atoms with Gasteiger partial charge < -0.3 is 19.3 Å². The molecule has 1 aliphatic carbocycles. The average Bonchev–Trinajstić information content (AvgIpc) is 3.61. The number of amides is 2. The molecule has 2 amide bonds. The van der Waals surface area contributed by atoms with Gasteiger partial charge in [0.1, 0.15) is 18.0 Å². The molecule has 0 spiro atoms. The van der Waals surface area contributed by atoms with Crippen molar-refractivity contribution in [1.82, 2.24) is 9.80 Å². The number of nitrogens with zero attached hydrogens (tertiary/aromatic N) is 2. The fraction of sp³-hybridized carbons (Fsp3) is 0.357. The largest absolute Gasteiger partial charge is 0.497 e. The number of aryl methyl sites for hydroxylation is 1. The minimum atomic E-state index is -0.168. The van der Waals surface area contributed by atoms with Crippen LogP contribution in [0.15, 0.2) is 53.9 Å². The highest BCUT2D eigenvalue weighted by Gasteiger charge is 2.39. The Labute approximate surface area is 210 Å². The molecule has 0 saturated heterocycles. The molecule has 3 aromatic rings. The highest BCUT2D eigenvalue weighted by molar-refractivity contribution is 7.10. The minimum Gasteiger partial charge on any atom is -0.497 e. The van der Waals surface area contributed by atoms with Crippen molar-refractivity contribution in [3.05, 3.63) is 81.0 Å². The molecule has 182 valence electrons. The van der Waals surface area contributed by atoms with Crippen molar-refractivity contribution in [2.45, 2.75) is 38.3 Å². The van der Waals surface area contributed by atoms with Gasteiger partial charge in [-0.3, -0.25) is 9.59 Å². The Bertz CT molecular complexity index is 1230. The molecule has 6 nitrogen and oxygen atoms in total. The molecule has 2 aliphatic rings. The normalized spacial score (nSPS) is 17.0. The van der Waals surface area contributed by atoms with E-state index in [9.17, 15) is 9.59 Å². The maximum atomic E-state index is 13.8. The van der Waals surface area contributed by atoms with Crippen molar-refractivity contribution in [2.24, 2.45) is 0 Å². The summed E-state index contributed by atoms with van der Waals surface area (Å²) in [5.41, 5.74) is 3.97. The number of thiophene rings is 1. The van der Waals surface area contributed by atoms with Crippen LogP contribution >= 0.6 is 11.3 Å². The number of ether oxygens (including phenoxy) is 2. The maximum Gasteiger partial charge on any atom is 0.254 e. The summed E-state index contributed by atoms with van der Waals surface area (Å²) in [6, 6.07) is 15.5. The zero-order valence-corrected chi connectivity index (χ0v) is 21.1. The predicted octanol–water partition coefficient (Wildman–Crippen LogP) is 4.85. The van der Waals surface area contributed by atoms with E-state index >= 15 is 0 Å². The summed E-state index contributed by atoms with van der Waals surface area (Å²) in [6.07, 6.45) is 2.66. The second kappa shape index (κ2) is 9.74. The van der Waals surface area contributed by atoms with Crippen molar-refractivity contribution in [3.8, 4) is 11.5 Å². The number of fused-ring (bicyclic) bond motifs is 1. The Morgan fingerprint density at radius 2 is 1.74 bits per heavy atom. The van der Waals surface area contributed by atoms with Gasteiger partial charge in [0.25, 0.3) is 5.91 Å². The number of rotatable bonds is 7. The molecular weight excluding hydrogens is 460 g/mol. The Morgan fingerprint density at radius 3 is 2.40 bits per heavy atom.